The van der Waals surface area contributed by atoms with Crippen molar-refractivity contribution in [3.8, 4) is 0 Å². The first-order valence-corrected chi connectivity index (χ1v) is 10.9. The van der Waals surface area contributed by atoms with Crippen LogP contribution in [-0.2, 0) is 10.3 Å². The highest BCUT2D eigenvalue weighted by molar-refractivity contribution is 5.95. The summed E-state index contributed by atoms with van der Waals surface area (Å²) in [6.07, 6.45) is 4.03. The van der Waals surface area contributed by atoms with Crippen LogP contribution in [-0.4, -0.2) is 62.3 Å². The van der Waals surface area contributed by atoms with Crippen molar-refractivity contribution >= 4 is 11.7 Å². The molecule has 1 heterocycles. The van der Waals surface area contributed by atoms with Crippen LogP contribution in [0.3, 0.4) is 0 Å². The van der Waals surface area contributed by atoms with Crippen molar-refractivity contribution in [1.29, 1.82) is 0 Å². The summed E-state index contributed by atoms with van der Waals surface area (Å²) in [7, 11) is 6.07. The molecule has 0 unspecified atom stereocenters. The van der Waals surface area contributed by atoms with Gasteiger partial charge >= 0.3 is 6.03 Å². The molecule has 0 N–H and O–H groups in total. The van der Waals surface area contributed by atoms with E-state index in [-0.39, 0.29) is 17.1 Å². The van der Waals surface area contributed by atoms with Gasteiger partial charge < -0.3 is 9.64 Å². The summed E-state index contributed by atoms with van der Waals surface area (Å²) in [5.74, 6) is 0. The molecule has 0 bridgehead atoms. The van der Waals surface area contributed by atoms with E-state index in [0.717, 1.165) is 37.9 Å². The van der Waals surface area contributed by atoms with E-state index >= 15 is 0 Å². The molecule has 1 aliphatic carbocycles. The number of hydrogen-bond acceptors (Lipinski definition) is 3. The van der Waals surface area contributed by atoms with Crippen LogP contribution in [0.5, 0.6) is 0 Å². The number of ether oxygens (including phenoxy) is 1. The van der Waals surface area contributed by atoms with Crippen molar-refractivity contribution < 1.29 is 9.53 Å². The molecule has 2 fully saturated rings. The largest absolute Gasteiger partial charge is 0.383 e. The van der Waals surface area contributed by atoms with Crippen molar-refractivity contribution in [3.05, 3.63) is 66.2 Å². The van der Waals surface area contributed by atoms with Gasteiger partial charge in [-0.15, -0.1) is 0 Å². The lowest BCUT2D eigenvalue weighted by Crippen LogP contribution is -2.56. The third-order valence-electron chi connectivity index (χ3n) is 7.25. The first-order valence-electron chi connectivity index (χ1n) is 10.9. The first-order chi connectivity index (χ1) is 14.5. The number of hydrogen-bond donors (Lipinski definition) is 0. The molecule has 0 radical (unpaired) electrons. The molecular formula is C25H33N3O2. The Morgan fingerprint density at radius 1 is 0.933 bits per heavy atom. The number of amides is 2. The minimum Gasteiger partial charge on any atom is -0.383 e. The summed E-state index contributed by atoms with van der Waals surface area (Å²) in [6, 6.07) is 21.0. The third-order valence-corrected chi connectivity index (χ3v) is 7.25. The molecule has 0 aromatic heterocycles. The zero-order valence-electron chi connectivity index (χ0n) is 18.4. The molecule has 4 rings (SSSR count). The summed E-state index contributed by atoms with van der Waals surface area (Å²) in [6.45, 7) is 1.95. The van der Waals surface area contributed by atoms with Gasteiger partial charge in [0.15, 0.2) is 0 Å². The van der Waals surface area contributed by atoms with E-state index in [4.69, 9.17) is 4.74 Å². The van der Waals surface area contributed by atoms with Crippen LogP contribution >= 0.6 is 0 Å². The Balaban J connectivity index is 1.63. The van der Waals surface area contributed by atoms with Crippen molar-refractivity contribution in [2.24, 2.45) is 0 Å². The van der Waals surface area contributed by atoms with E-state index < -0.39 is 0 Å². The van der Waals surface area contributed by atoms with Gasteiger partial charge in [0, 0.05) is 24.9 Å². The standard InChI is InChI=1S/C25H33N3O2/c1-26(2)25(21-10-6-4-7-11-21)16-14-24(15-17-25)20-27(22-12-8-5-9-13-22)23(29)28(24)18-19-30-3/h4-13H,14-20H2,1-3H3/t24-,25-. The summed E-state index contributed by atoms with van der Waals surface area (Å²) in [5.41, 5.74) is 2.23. The number of rotatable bonds is 6. The fourth-order valence-corrected chi connectivity index (χ4v) is 5.42. The zero-order valence-corrected chi connectivity index (χ0v) is 18.4. The van der Waals surface area contributed by atoms with E-state index in [0.29, 0.717) is 13.2 Å². The second kappa shape index (κ2) is 8.40. The zero-order chi connectivity index (χ0) is 21.2. The van der Waals surface area contributed by atoms with Crippen LogP contribution in [0, 0.1) is 0 Å². The molecule has 1 saturated carbocycles. The van der Waals surface area contributed by atoms with Crippen LogP contribution in [0.2, 0.25) is 0 Å². The minimum atomic E-state index is -0.139. The topological polar surface area (TPSA) is 36.0 Å². The lowest BCUT2D eigenvalue weighted by molar-refractivity contribution is 0.0189. The molecule has 160 valence electrons. The summed E-state index contributed by atoms with van der Waals surface area (Å²) in [5, 5.41) is 0. The Kier molecular flexibility index (Phi) is 5.85. The Morgan fingerprint density at radius 2 is 1.53 bits per heavy atom. The number of benzene rings is 2. The van der Waals surface area contributed by atoms with Gasteiger partial charge in [-0.3, -0.25) is 9.80 Å². The van der Waals surface area contributed by atoms with Crippen molar-refractivity contribution in [3.63, 3.8) is 0 Å². The first kappa shape index (κ1) is 20.9. The Bertz CT molecular complexity index is 845. The van der Waals surface area contributed by atoms with Gasteiger partial charge in [0.1, 0.15) is 0 Å². The lowest BCUT2D eigenvalue weighted by atomic mass is 9.68. The van der Waals surface area contributed by atoms with Gasteiger partial charge in [-0.25, -0.2) is 4.79 Å². The Hall–Kier alpha value is -2.37. The molecule has 2 aromatic carbocycles. The molecule has 5 heteroatoms. The second-order valence-electron chi connectivity index (χ2n) is 8.87. The normalized spacial score (nSPS) is 26.7. The molecule has 1 saturated heterocycles. The third kappa shape index (κ3) is 3.50. The maximum atomic E-state index is 13.4. The van der Waals surface area contributed by atoms with E-state index in [9.17, 15) is 4.79 Å². The number of anilines is 1. The number of methoxy groups -OCH3 is 1. The van der Waals surface area contributed by atoms with Crippen LogP contribution in [0.4, 0.5) is 10.5 Å². The number of nitrogens with zero attached hydrogens (tertiary/aromatic N) is 3. The predicted molar refractivity (Wildman–Crippen MR) is 121 cm³/mol. The van der Waals surface area contributed by atoms with E-state index in [1.165, 1.54) is 5.56 Å². The van der Waals surface area contributed by atoms with Crippen molar-refractivity contribution in [1.82, 2.24) is 9.80 Å². The summed E-state index contributed by atoms with van der Waals surface area (Å²) < 4.78 is 5.35. The van der Waals surface area contributed by atoms with Gasteiger partial charge in [-0.2, -0.15) is 0 Å². The molecule has 0 atom stereocenters. The lowest BCUT2D eigenvalue weighted by Gasteiger charge is -2.51. The molecule has 1 spiro atoms. The van der Waals surface area contributed by atoms with Gasteiger partial charge in [0.2, 0.25) is 0 Å². The fraction of sp³-hybridized carbons (Fsp3) is 0.480. The summed E-state index contributed by atoms with van der Waals surface area (Å²) >= 11 is 0. The van der Waals surface area contributed by atoms with Gasteiger partial charge in [0.25, 0.3) is 0 Å². The number of para-hydroxylation sites is 1. The smallest absolute Gasteiger partial charge is 0.325 e. The van der Waals surface area contributed by atoms with E-state index in [1.54, 1.807) is 7.11 Å². The molecular weight excluding hydrogens is 374 g/mol. The van der Waals surface area contributed by atoms with Gasteiger partial charge in [0.05, 0.1) is 18.7 Å². The molecule has 30 heavy (non-hydrogen) atoms. The molecule has 2 aliphatic rings. The molecule has 1 aliphatic heterocycles. The van der Waals surface area contributed by atoms with Crippen LogP contribution in [0.25, 0.3) is 0 Å². The Labute approximate surface area is 180 Å². The fourth-order valence-electron chi connectivity index (χ4n) is 5.42. The number of carbonyl (C=O) groups is 1. The number of carbonyl (C=O) groups excluding carboxylic acids is 1. The highest BCUT2D eigenvalue weighted by Gasteiger charge is 2.54. The maximum absolute atomic E-state index is 13.4. The number of urea groups is 1. The Morgan fingerprint density at radius 3 is 2.10 bits per heavy atom. The molecule has 5 nitrogen and oxygen atoms in total. The van der Waals surface area contributed by atoms with Gasteiger partial charge in [-0.1, -0.05) is 48.5 Å². The van der Waals surface area contributed by atoms with Crippen molar-refractivity contribution in [2.45, 2.75) is 36.8 Å². The highest BCUT2D eigenvalue weighted by atomic mass is 16.5. The average Bonchev–Trinajstić information content (AvgIpc) is 3.05. The SMILES string of the molecule is COCCN1C(=O)N(c2ccccc2)C[C@]12CC[C@@](c1ccccc1)(N(C)C)CC2. The predicted octanol–water partition coefficient (Wildman–Crippen LogP) is 4.34. The monoisotopic (exact) mass is 407 g/mol. The quantitative estimate of drug-likeness (QED) is 0.714. The van der Waals surface area contributed by atoms with E-state index in [2.05, 4.69) is 54.2 Å². The highest BCUT2D eigenvalue weighted by Crippen LogP contribution is 2.49. The molecule has 2 amide bonds. The van der Waals surface area contributed by atoms with Gasteiger partial charge in [-0.05, 0) is 57.5 Å². The van der Waals surface area contributed by atoms with Crippen LogP contribution < -0.4 is 4.90 Å². The molecule has 2 aromatic rings. The average molecular weight is 408 g/mol. The van der Waals surface area contributed by atoms with Crippen molar-refractivity contribution in [2.75, 3.05) is 45.8 Å². The summed E-state index contributed by atoms with van der Waals surface area (Å²) in [4.78, 5) is 19.9. The van der Waals surface area contributed by atoms with E-state index in [1.807, 2.05) is 35.2 Å². The van der Waals surface area contributed by atoms with Crippen LogP contribution in [0.15, 0.2) is 60.7 Å². The second-order valence-corrected chi connectivity index (χ2v) is 8.87. The van der Waals surface area contributed by atoms with Crippen LogP contribution in [0.1, 0.15) is 31.2 Å². The maximum Gasteiger partial charge on any atom is 0.325 e. The minimum absolute atomic E-state index is 0.0165.